The van der Waals surface area contributed by atoms with Crippen LogP contribution in [0.5, 0.6) is 0 Å². The van der Waals surface area contributed by atoms with Gasteiger partial charge in [0.25, 0.3) is 0 Å². The normalized spacial score (nSPS) is 17.1. The van der Waals surface area contributed by atoms with Crippen LogP contribution in [-0.2, 0) is 10.0 Å². The van der Waals surface area contributed by atoms with Gasteiger partial charge in [0.15, 0.2) is 0 Å². The summed E-state index contributed by atoms with van der Waals surface area (Å²) in [6.07, 6.45) is 6.25. The van der Waals surface area contributed by atoms with Crippen LogP contribution in [0.3, 0.4) is 0 Å². The zero-order chi connectivity index (χ0) is 17.2. The quantitative estimate of drug-likeness (QED) is 0.852. The first kappa shape index (κ1) is 17.4. The first-order valence-corrected chi connectivity index (χ1v) is 9.67. The Balaban J connectivity index is 2.07. The van der Waals surface area contributed by atoms with Crippen molar-refractivity contribution in [2.75, 3.05) is 6.61 Å². The van der Waals surface area contributed by atoms with E-state index >= 15 is 0 Å². The Bertz CT molecular complexity index is 819. The number of aromatic nitrogens is 1. The van der Waals surface area contributed by atoms with Crippen LogP contribution in [-0.4, -0.2) is 30.7 Å². The van der Waals surface area contributed by atoms with Gasteiger partial charge in [-0.2, -0.15) is 0 Å². The van der Waals surface area contributed by atoms with Gasteiger partial charge >= 0.3 is 0 Å². The average Bonchev–Trinajstić information content (AvgIpc) is 3.04. The number of aliphatic hydroxyl groups is 1. The number of sulfonamides is 1. The molecular weight excluding hydrogens is 348 g/mol. The van der Waals surface area contributed by atoms with Crippen molar-refractivity contribution in [3.05, 3.63) is 47.7 Å². The Morgan fingerprint density at radius 3 is 2.58 bits per heavy atom. The van der Waals surface area contributed by atoms with Crippen molar-refractivity contribution in [2.45, 2.75) is 36.1 Å². The number of nitrogens with one attached hydrogen (secondary N) is 1. The predicted molar refractivity (Wildman–Crippen MR) is 93.3 cm³/mol. The van der Waals surface area contributed by atoms with Crippen LogP contribution in [0.4, 0.5) is 0 Å². The maximum atomic E-state index is 13.0. The van der Waals surface area contributed by atoms with Crippen LogP contribution in [0.2, 0.25) is 5.02 Å². The lowest BCUT2D eigenvalue weighted by Crippen LogP contribution is -2.49. The number of halogens is 1. The molecular formula is C17H19ClN2O3S. The predicted octanol–water partition coefficient (Wildman–Crippen LogP) is 2.99. The van der Waals surface area contributed by atoms with E-state index in [2.05, 4.69) is 9.71 Å². The summed E-state index contributed by atoms with van der Waals surface area (Å²) in [4.78, 5) is 4.14. The average molecular weight is 367 g/mol. The van der Waals surface area contributed by atoms with Crippen molar-refractivity contribution < 1.29 is 13.5 Å². The largest absolute Gasteiger partial charge is 0.394 e. The van der Waals surface area contributed by atoms with Gasteiger partial charge in [-0.1, -0.05) is 36.6 Å². The van der Waals surface area contributed by atoms with Crippen molar-refractivity contribution in [3.8, 4) is 11.1 Å². The smallest absolute Gasteiger partial charge is 0.241 e. The fraction of sp³-hybridized carbons (Fsp3) is 0.353. The maximum absolute atomic E-state index is 13.0. The van der Waals surface area contributed by atoms with Gasteiger partial charge in [0.05, 0.1) is 17.0 Å². The standard InChI is InChI=1S/C17H19ClN2O3S/c18-14-6-3-7-15(16(14)13-5-4-10-19-11-13)24(22,23)20-17(12-21)8-1-2-9-17/h3-7,10-11,20-21H,1-2,8-9,12H2. The molecule has 0 bridgehead atoms. The van der Waals surface area contributed by atoms with Gasteiger partial charge in [0.1, 0.15) is 0 Å². The van der Waals surface area contributed by atoms with Gasteiger partial charge in [-0.25, -0.2) is 13.1 Å². The molecule has 1 fully saturated rings. The molecule has 0 aliphatic heterocycles. The van der Waals surface area contributed by atoms with E-state index in [1.807, 2.05) is 0 Å². The van der Waals surface area contributed by atoms with Crippen molar-refractivity contribution in [1.82, 2.24) is 9.71 Å². The summed E-state index contributed by atoms with van der Waals surface area (Å²) in [5, 5.41) is 10.0. The van der Waals surface area contributed by atoms with Crippen LogP contribution < -0.4 is 4.72 Å². The number of benzene rings is 1. The molecule has 1 aromatic carbocycles. The van der Waals surface area contributed by atoms with E-state index in [-0.39, 0.29) is 11.5 Å². The first-order chi connectivity index (χ1) is 11.5. The maximum Gasteiger partial charge on any atom is 0.241 e. The fourth-order valence-corrected chi connectivity index (χ4v) is 5.25. The molecule has 1 aromatic heterocycles. The van der Waals surface area contributed by atoms with E-state index in [9.17, 15) is 13.5 Å². The molecule has 2 aromatic rings. The van der Waals surface area contributed by atoms with Crippen molar-refractivity contribution in [1.29, 1.82) is 0 Å². The minimum atomic E-state index is -3.84. The summed E-state index contributed by atoms with van der Waals surface area (Å²) >= 11 is 6.29. The molecule has 7 heteroatoms. The van der Waals surface area contributed by atoms with E-state index < -0.39 is 15.6 Å². The zero-order valence-corrected chi connectivity index (χ0v) is 14.6. The molecule has 5 nitrogen and oxygen atoms in total. The van der Waals surface area contributed by atoms with Gasteiger partial charge in [-0.15, -0.1) is 0 Å². The molecule has 1 aliphatic rings. The Labute approximate surface area is 146 Å². The van der Waals surface area contributed by atoms with Crippen LogP contribution in [0.15, 0.2) is 47.6 Å². The summed E-state index contributed by atoms with van der Waals surface area (Å²) in [5.74, 6) is 0. The molecule has 0 atom stereocenters. The number of aliphatic hydroxyl groups excluding tert-OH is 1. The fourth-order valence-electron chi connectivity index (χ4n) is 3.20. The number of hydrogen-bond donors (Lipinski definition) is 2. The highest BCUT2D eigenvalue weighted by Crippen LogP contribution is 2.36. The minimum absolute atomic E-state index is 0.0997. The Morgan fingerprint density at radius 1 is 1.21 bits per heavy atom. The molecule has 3 rings (SSSR count). The molecule has 1 saturated carbocycles. The summed E-state index contributed by atoms with van der Waals surface area (Å²) in [6, 6.07) is 8.28. The highest BCUT2D eigenvalue weighted by molar-refractivity contribution is 7.89. The molecule has 128 valence electrons. The van der Waals surface area contributed by atoms with Gasteiger partial charge in [-0.05, 0) is 31.0 Å². The van der Waals surface area contributed by atoms with Crippen LogP contribution in [0.1, 0.15) is 25.7 Å². The van der Waals surface area contributed by atoms with Crippen molar-refractivity contribution >= 4 is 21.6 Å². The van der Waals surface area contributed by atoms with E-state index in [0.29, 0.717) is 29.0 Å². The Kier molecular flexibility index (Phi) is 4.92. The second-order valence-corrected chi connectivity index (χ2v) is 8.16. The van der Waals surface area contributed by atoms with Crippen molar-refractivity contribution in [2.24, 2.45) is 0 Å². The van der Waals surface area contributed by atoms with Gasteiger partial charge in [-0.3, -0.25) is 4.98 Å². The highest BCUT2D eigenvalue weighted by atomic mass is 35.5. The lowest BCUT2D eigenvalue weighted by atomic mass is 10.0. The van der Waals surface area contributed by atoms with E-state index in [0.717, 1.165) is 12.8 Å². The molecule has 0 saturated heterocycles. The zero-order valence-electron chi connectivity index (χ0n) is 13.1. The number of rotatable bonds is 5. The number of pyridine rings is 1. The molecule has 0 spiro atoms. The van der Waals surface area contributed by atoms with Crippen LogP contribution in [0.25, 0.3) is 11.1 Å². The highest BCUT2D eigenvalue weighted by Gasteiger charge is 2.38. The van der Waals surface area contributed by atoms with Crippen molar-refractivity contribution in [3.63, 3.8) is 0 Å². The molecule has 0 radical (unpaired) electrons. The SMILES string of the molecule is O=S(=O)(NC1(CO)CCCC1)c1cccc(Cl)c1-c1cccnc1. The summed E-state index contributed by atoms with van der Waals surface area (Å²) in [5.41, 5.74) is 0.270. The molecule has 1 heterocycles. The molecule has 0 amide bonds. The third-order valence-corrected chi connectivity index (χ3v) is 6.37. The van der Waals surface area contributed by atoms with Crippen LogP contribution in [0, 0.1) is 0 Å². The molecule has 1 aliphatic carbocycles. The molecule has 0 unspecified atom stereocenters. The minimum Gasteiger partial charge on any atom is -0.394 e. The van der Waals surface area contributed by atoms with Gasteiger partial charge < -0.3 is 5.11 Å². The topological polar surface area (TPSA) is 79.3 Å². The molecule has 24 heavy (non-hydrogen) atoms. The van der Waals surface area contributed by atoms with E-state index in [1.54, 1.807) is 36.7 Å². The second kappa shape index (κ2) is 6.80. The third-order valence-electron chi connectivity index (χ3n) is 4.43. The molecule has 2 N–H and O–H groups in total. The van der Waals surface area contributed by atoms with Gasteiger partial charge in [0, 0.05) is 28.5 Å². The monoisotopic (exact) mass is 366 g/mol. The summed E-state index contributed by atoms with van der Waals surface area (Å²) in [6.45, 7) is -0.213. The number of nitrogens with zero attached hydrogens (tertiary/aromatic N) is 1. The Morgan fingerprint density at radius 2 is 1.96 bits per heavy atom. The van der Waals surface area contributed by atoms with E-state index in [4.69, 9.17) is 11.6 Å². The number of hydrogen-bond acceptors (Lipinski definition) is 4. The van der Waals surface area contributed by atoms with E-state index in [1.165, 1.54) is 6.07 Å². The second-order valence-electron chi connectivity index (χ2n) is 6.11. The van der Waals surface area contributed by atoms with Crippen LogP contribution >= 0.6 is 11.6 Å². The first-order valence-electron chi connectivity index (χ1n) is 7.81. The summed E-state index contributed by atoms with van der Waals surface area (Å²) < 4.78 is 28.7. The lowest BCUT2D eigenvalue weighted by Gasteiger charge is -2.28. The summed E-state index contributed by atoms with van der Waals surface area (Å²) in [7, 11) is -3.84. The van der Waals surface area contributed by atoms with Gasteiger partial charge in [0.2, 0.25) is 10.0 Å². The lowest BCUT2D eigenvalue weighted by molar-refractivity contribution is 0.185. The third kappa shape index (κ3) is 3.32. The Hall–Kier alpha value is -1.47.